The number of piperidine rings is 1. The molecule has 3 aromatic heterocycles. The van der Waals surface area contributed by atoms with E-state index in [0.29, 0.717) is 34.4 Å². The summed E-state index contributed by atoms with van der Waals surface area (Å²) < 4.78 is 17.5. The van der Waals surface area contributed by atoms with Crippen LogP contribution < -0.4 is 15.8 Å². The van der Waals surface area contributed by atoms with Gasteiger partial charge in [-0.1, -0.05) is 0 Å². The van der Waals surface area contributed by atoms with Crippen molar-refractivity contribution in [1.29, 1.82) is 0 Å². The molecule has 1 amide bonds. The van der Waals surface area contributed by atoms with Gasteiger partial charge in [-0.3, -0.25) is 9.59 Å². The van der Waals surface area contributed by atoms with Gasteiger partial charge >= 0.3 is 0 Å². The molecule has 2 aliphatic heterocycles. The highest BCUT2D eigenvalue weighted by atomic mass is 19.1. The summed E-state index contributed by atoms with van der Waals surface area (Å²) in [6.07, 6.45) is 5.52. The van der Waals surface area contributed by atoms with E-state index in [1.165, 1.54) is 23.0 Å². The Morgan fingerprint density at radius 3 is 3.03 bits per heavy atom. The van der Waals surface area contributed by atoms with Gasteiger partial charge in [0.05, 0.1) is 18.3 Å². The number of aromatic nitrogens is 4. The van der Waals surface area contributed by atoms with Crippen LogP contribution in [0.2, 0.25) is 0 Å². The minimum absolute atomic E-state index is 0.194. The van der Waals surface area contributed by atoms with Crippen LogP contribution >= 0.6 is 0 Å². The van der Waals surface area contributed by atoms with Crippen molar-refractivity contribution in [3.05, 3.63) is 58.0 Å². The normalized spacial score (nSPS) is 27.7. The summed E-state index contributed by atoms with van der Waals surface area (Å²) in [5.41, 5.74) is 1.10. The fraction of sp³-hybridized carbons (Fsp3) is 0.400. The Labute approximate surface area is 165 Å². The molecule has 3 aromatic rings. The van der Waals surface area contributed by atoms with Gasteiger partial charge in [0.25, 0.3) is 11.5 Å². The number of nitrogens with one attached hydrogen (secondary N) is 1. The molecule has 4 atom stereocenters. The number of carbonyl (C=O) groups excluding carboxylic acids is 1. The van der Waals surface area contributed by atoms with Crippen LogP contribution in [0, 0.1) is 17.7 Å². The molecule has 2 fully saturated rings. The van der Waals surface area contributed by atoms with Gasteiger partial charge in [-0.15, -0.1) is 0 Å². The quantitative estimate of drug-likeness (QED) is 0.625. The number of anilines is 1. The Morgan fingerprint density at radius 2 is 2.17 bits per heavy atom. The highest BCUT2D eigenvalue weighted by Gasteiger charge is 2.54. The van der Waals surface area contributed by atoms with E-state index in [0.717, 1.165) is 13.0 Å². The third-order valence-electron chi connectivity index (χ3n) is 6.43. The van der Waals surface area contributed by atoms with Crippen LogP contribution in [0.25, 0.3) is 5.65 Å². The van der Waals surface area contributed by atoms with Crippen LogP contribution in [0.3, 0.4) is 0 Å². The first-order chi connectivity index (χ1) is 14.0. The smallest absolute Gasteiger partial charge is 0.256 e. The number of hydrogen-bond acceptors (Lipinski definition) is 5. The minimum Gasteiger partial charge on any atom is -0.350 e. The van der Waals surface area contributed by atoms with Gasteiger partial charge < -0.3 is 14.8 Å². The van der Waals surface area contributed by atoms with Gasteiger partial charge in [0.15, 0.2) is 5.65 Å². The maximum absolute atomic E-state index is 14.5. The summed E-state index contributed by atoms with van der Waals surface area (Å²) in [5.74, 6) is 0.706. The predicted octanol–water partition coefficient (Wildman–Crippen LogP) is 1.53. The molecule has 0 unspecified atom stereocenters. The number of hydrogen-bond donors (Lipinski definition) is 1. The fourth-order valence-corrected chi connectivity index (χ4v) is 4.84. The Balaban J connectivity index is 1.60. The lowest BCUT2D eigenvalue weighted by Gasteiger charge is -2.29. The number of pyridine rings is 1. The summed E-state index contributed by atoms with van der Waals surface area (Å²) in [4.78, 5) is 32.8. The first-order valence-corrected chi connectivity index (χ1v) is 9.82. The molecule has 0 aromatic carbocycles. The second-order valence-corrected chi connectivity index (χ2v) is 8.25. The lowest BCUT2D eigenvalue weighted by Crippen LogP contribution is -2.37. The molecule has 1 N–H and O–H groups in total. The van der Waals surface area contributed by atoms with E-state index >= 15 is 0 Å². The van der Waals surface area contributed by atoms with Crippen LogP contribution in [0.15, 0.2) is 35.5 Å². The average molecular weight is 394 g/mol. The van der Waals surface area contributed by atoms with E-state index in [9.17, 15) is 14.0 Å². The van der Waals surface area contributed by atoms with Crippen molar-refractivity contribution >= 4 is 17.4 Å². The standard InChI is InChI=1S/C20H19FN6O2/c1-10-6-22-19(28)15-7-23-27-3-2-16(24-18(15)27)26-8-11-4-13(11)17(26)14-5-12(21)9-25(10)20(14)29/h2-3,5,7,9-11,13,17H,4,6,8H2,1H3,(H,22,28)/t10-,11+,13+,17+/m0/s1. The largest absolute Gasteiger partial charge is 0.350 e. The zero-order chi connectivity index (χ0) is 19.9. The van der Waals surface area contributed by atoms with Crippen molar-refractivity contribution in [2.45, 2.75) is 25.4 Å². The van der Waals surface area contributed by atoms with Gasteiger partial charge in [0.1, 0.15) is 17.2 Å². The van der Waals surface area contributed by atoms with Crippen molar-refractivity contribution in [2.24, 2.45) is 11.8 Å². The second-order valence-electron chi connectivity index (χ2n) is 8.25. The molecule has 1 saturated carbocycles. The number of fused-ring (bicyclic) bond motifs is 8. The zero-order valence-corrected chi connectivity index (χ0v) is 15.7. The van der Waals surface area contributed by atoms with E-state index < -0.39 is 11.9 Å². The molecule has 6 rings (SSSR count). The molecular formula is C20H19FN6O2. The van der Waals surface area contributed by atoms with E-state index in [1.807, 2.05) is 6.07 Å². The minimum atomic E-state index is -0.447. The van der Waals surface area contributed by atoms with E-state index in [2.05, 4.69) is 15.3 Å². The van der Waals surface area contributed by atoms with Crippen LogP contribution in [-0.4, -0.2) is 38.2 Å². The summed E-state index contributed by atoms with van der Waals surface area (Å²) in [6.45, 7) is 2.75. The number of nitrogens with zero attached hydrogens (tertiary/aromatic N) is 5. The van der Waals surface area contributed by atoms with Gasteiger partial charge in [0.2, 0.25) is 0 Å². The molecule has 3 aliphatic rings. The van der Waals surface area contributed by atoms with Crippen LogP contribution in [0.1, 0.15) is 41.3 Å². The fourth-order valence-electron chi connectivity index (χ4n) is 4.84. The summed E-state index contributed by atoms with van der Waals surface area (Å²) in [6, 6.07) is 2.59. The molecule has 9 heteroatoms. The number of amides is 1. The Morgan fingerprint density at radius 1 is 1.31 bits per heavy atom. The Hall–Kier alpha value is -3.23. The molecule has 0 radical (unpaired) electrons. The summed E-state index contributed by atoms with van der Waals surface area (Å²) in [7, 11) is 0. The zero-order valence-electron chi connectivity index (χ0n) is 15.7. The van der Waals surface area contributed by atoms with Crippen LogP contribution in [0.4, 0.5) is 10.2 Å². The molecule has 1 saturated heterocycles. The molecule has 29 heavy (non-hydrogen) atoms. The molecular weight excluding hydrogens is 375 g/mol. The monoisotopic (exact) mass is 394 g/mol. The lowest BCUT2D eigenvalue weighted by atomic mass is 10.0. The van der Waals surface area contributed by atoms with E-state index in [-0.39, 0.29) is 24.1 Å². The van der Waals surface area contributed by atoms with Crippen molar-refractivity contribution in [1.82, 2.24) is 24.5 Å². The molecule has 4 bridgehead atoms. The number of rotatable bonds is 0. The van der Waals surface area contributed by atoms with Gasteiger partial charge in [-0.2, -0.15) is 5.10 Å². The molecule has 5 heterocycles. The third-order valence-corrected chi connectivity index (χ3v) is 6.43. The third kappa shape index (κ3) is 2.36. The SMILES string of the molecule is C[C@H]1CNC(=O)c2cnn3ccc(nc23)N2C[C@H]3C[C@H]3[C@@H]2c2cc(F)cn1c2=O. The maximum atomic E-state index is 14.5. The lowest BCUT2D eigenvalue weighted by molar-refractivity contribution is 0.0950. The van der Waals surface area contributed by atoms with E-state index in [1.54, 1.807) is 17.6 Å². The Kier molecular flexibility index (Phi) is 3.25. The summed E-state index contributed by atoms with van der Waals surface area (Å²) in [5, 5.41) is 7.05. The average Bonchev–Trinajstić information content (AvgIpc) is 3.18. The number of halogens is 1. The van der Waals surface area contributed by atoms with Crippen molar-refractivity contribution in [3.8, 4) is 0 Å². The highest BCUT2D eigenvalue weighted by Crippen LogP contribution is 2.56. The van der Waals surface area contributed by atoms with Crippen LogP contribution in [0.5, 0.6) is 0 Å². The molecule has 1 aliphatic carbocycles. The van der Waals surface area contributed by atoms with Crippen molar-refractivity contribution in [3.63, 3.8) is 0 Å². The molecule has 148 valence electrons. The number of carbonyl (C=O) groups is 1. The summed E-state index contributed by atoms with van der Waals surface area (Å²) >= 11 is 0. The van der Waals surface area contributed by atoms with Gasteiger partial charge in [-0.25, -0.2) is 13.9 Å². The first-order valence-electron chi connectivity index (χ1n) is 9.82. The van der Waals surface area contributed by atoms with Crippen molar-refractivity contribution in [2.75, 3.05) is 18.0 Å². The maximum Gasteiger partial charge on any atom is 0.256 e. The molecule has 0 spiro atoms. The van der Waals surface area contributed by atoms with Gasteiger partial charge in [-0.05, 0) is 37.3 Å². The predicted molar refractivity (Wildman–Crippen MR) is 102 cm³/mol. The molecule has 8 nitrogen and oxygen atoms in total. The topological polar surface area (TPSA) is 84.5 Å². The van der Waals surface area contributed by atoms with E-state index in [4.69, 9.17) is 4.98 Å². The first kappa shape index (κ1) is 16.7. The second kappa shape index (κ2) is 5.65. The van der Waals surface area contributed by atoms with Gasteiger partial charge in [0, 0.05) is 31.0 Å². The highest BCUT2D eigenvalue weighted by molar-refractivity contribution is 5.99. The van der Waals surface area contributed by atoms with Crippen molar-refractivity contribution < 1.29 is 9.18 Å². The Bertz CT molecular complexity index is 1230. The van der Waals surface area contributed by atoms with Crippen LogP contribution in [-0.2, 0) is 0 Å².